The van der Waals surface area contributed by atoms with Gasteiger partial charge in [-0.25, -0.2) is 14.4 Å². The largest absolute Gasteiger partial charge is 0.393 e. The number of aliphatic hydroxyl groups is 1. The Morgan fingerprint density at radius 1 is 1.48 bits per heavy atom. The van der Waals surface area contributed by atoms with Gasteiger partial charge in [0.15, 0.2) is 11.3 Å². The average Bonchev–Trinajstić information content (AvgIpc) is 2.89. The normalized spacial score (nSPS) is 22.7. The Morgan fingerprint density at radius 3 is 3.05 bits per heavy atom. The minimum atomic E-state index is -1.71. The predicted octanol–water partition coefficient (Wildman–Crippen LogP) is 1.43. The van der Waals surface area contributed by atoms with Gasteiger partial charge in [-0.2, -0.15) is 0 Å². The lowest BCUT2D eigenvalue weighted by molar-refractivity contribution is 0.00147. The summed E-state index contributed by atoms with van der Waals surface area (Å²) in [7, 11) is 0. The molecule has 1 aliphatic rings. The Morgan fingerprint density at radius 2 is 2.29 bits per heavy atom. The summed E-state index contributed by atoms with van der Waals surface area (Å²) in [6, 6.07) is 0. The number of imidazole rings is 1. The van der Waals surface area contributed by atoms with E-state index < -0.39 is 12.3 Å². The van der Waals surface area contributed by atoms with Crippen LogP contribution in [0.5, 0.6) is 0 Å². The average molecular weight is 357 g/mol. The van der Waals surface area contributed by atoms with E-state index in [2.05, 4.69) is 25.9 Å². The van der Waals surface area contributed by atoms with E-state index in [1.54, 1.807) is 16.8 Å². The van der Waals surface area contributed by atoms with Crippen LogP contribution in [0.4, 0.5) is 4.39 Å². The Kier molecular flexibility index (Phi) is 3.66. The van der Waals surface area contributed by atoms with Crippen molar-refractivity contribution in [3.8, 4) is 0 Å². The van der Waals surface area contributed by atoms with Gasteiger partial charge < -0.3 is 10.0 Å². The molecule has 21 heavy (non-hydrogen) atoms. The second kappa shape index (κ2) is 5.34. The number of carbonyl (C=O) groups excluding carboxylic acids is 1. The molecular weight excluding hydrogens is 343 g/mol. The number of hydrogen-bond acceptors (Lipinski definition) is 4. The van der Waals surface area contributed by atoms with E-state index in [0.29, 0.717) is 28.9 Å². The first-order valence-corrected chi connectivity index (χ1v) is 7.39. The molecule has 1 saturated heterocycles. The molecule has 2 aromatic heterocycles. The number of likely N-dealkylation sites (tertiary alicyclic amines) is 1. The highest BCUT2D eigenvalue weighted by molar-refractivity contribution is 9.10. The molecule has 112 valence electrons. The predicted molar refractivity (Wildman–Crippen MR) is 76.7 cm³/mol. The van der Waals surface area contributed by atoms with E-state index >= 15 is 0 Å². The zero-order valence-electron chi connectivity index (χ0n) is 11.2. The fraction of sp³-hybridized carbons (Fsp3) is 0.462. The lowest BCUT2D eigenvalue weighted by Crippen LogP contribution is -2.50. The summed E-state index contributed by atoms with van der Waals surface area (Å²) in [5.74, 6) is -0.296. The van der Waals surface area contributed by atoms with Crippen LogP contribution in [0.25, 0.3) is 5.65 Å². The van der Waals surface area contributed by atoms with Gasteiger partial charge in [-0.1, -0.05) is 0 Å². The number of hydrogen-bond donors (Lipinski definition) is 1. The summed E-state index contributed by atoms with van der Waals surface area (Å²) in [6.45, 7) is -0.189. The second-order valence-corrected chi connectivity index (χ2v) is 6.03. The minimum absolute atomic E-state index is 0.0954. The quantitative estimate of drug-likeness (QED) is 0.883. The first-order valence-electron chi connectivity index (χ1n) is 6.60. The van der Waals surface area contributed by atoms with E-state index in [1.807, 2.05) is 0 Å². The van der Waals surface area contributed by atoms with Crippen molar-refractivity contribution in [1.29, 1.82) is 0 Å². The maximum Gasteiger partial charge on any atom is 0.272 e. The Bertz CT molecular complexity index is 692. The molecule has 1 fully saturated rings. The van der Waals surface area contributed by atoms with Gasteiger partial charge in [-0.05, 0) is 28.8 Å². The van der Waals surface area contributed by atoms with Gasteiger partial charge in [-0.15, -0.1) is 0 Å². The van der Waals surface area contributed by atoms with E-state index in [9.17, 15) is 9.18 Å². The van der Waals surface area contributed by atoms with Crippen LogP contribution >= 0.6 is 15.9 Å². The van der Waals surface area contributed by atoms with Crippen molar-refractivity contribution in [1.82, 2.24) is 19.3 Å². The van der Waals surface area contributed by atoms with Crippen LogP contribution in [0, 0.1) is 0 Å². The topological polar surface area (TPSA) is 70.7 Å². The number of rotatable bonds is 2. The molecule has 6 nitrogen and oxygen atoms in total. The highest BCUT2D eigenvalue weighted by Crippen LogP contribution is 2.26. The zero-order valence-corrected chi connectivity index (χ0v) is 12.8. The smallest absolute Gasteiger partial charge is 0.272 e. The number of aromatic nitrogens is 3. The number of amides is 1. The minimum Gasteiger partial charge on any atom is -0.393 e. The van der Waals surface area contributed by atoms with Crippen molar-refractivity contribution in [2.24, 2.45) is 0 Å². The van der Waals surface area contributed by atoms with E-state index in [-0.39, 0.29) is 18.9 Å². The van der Waals surface area contributed by atoms with Crippen LogP contribution in [-0.2, 0) is 0 Å². The van der Waals surface area contributed by atoms with Gasteiger partial charge in [0.25, 0.3) is 5.91 Å². The van der Waals surface area contributed by atoms with Crippen molar-refractivity contribution < 1.29 is 14.3 Å². The lowest BCUT2D eigenvalue weighted by Gasteiger charge is -2.36. The summed E-state index contributed by atoms with van der Waals surface area (Å²) in [4.78, 5) is 22.2. The number of carbonyl (C=O) groups is 1. The van der Waals surface area contributed by atoms with Crippen LogP contribution in [0.3, 0.4) is 0 Å². The number of nitrogens with zero attached hydrogens (tertiary/aromatic N) is 4. The molecule has 0 aliphatic carbocycles. The SMILES string of the molecule is O=C(c1cnc2cnc(Br)cn12)N1CCC[C@@](F)(CO)C1. The van der Waals surface area contributed by atoms with Gasteiger partial charge in [0.1, 0.15) is 10.3 Å². The fourth-order valence-corrected chi connectivity index (χ4v) is 2.88. The van der Waals surface area contributed by atoms with E-state index in [4.69, 9.17) is 5.11 Å². The maximum atomic E-state index is 14.2. The Labute approximate surface area is 128 Å². The molecule has 0 aromatic carbocycles. The van der Waals surface area contributed by atoms with Gasteiger partial charge >= 0.3 is 0 Å². The molecule has 0 radical (unpaired) electrons. The standard InChI is InChI=1S/C13H14BrFN4O2/c14-10-6-19-9(4-17-11(19)5-16-10)12(21)18-3-1-2-13(15,7-18)8-20/h4-6,20H,1-3,7-8H2/t13-/m0/s1. The second-order valence-electron chi connectivity index (χ2n) is 5.22. The molecule has 2 aromatic rings. The van der Waals surface area contributed by atoms with Crippen molar-refractivity contribution in [2.75, 3.05) is 19.7 Å². The molecule has 3 rings (SSSR count). The van der Waals surface area contributed by atoms with Gasteiger partial charge in [-0.3, -0.25) is 9.20 Å². The molecule has 1 N–H and O–H groups in total. The summed E-state index contributed by atoms with van der Waals surface area (Å²) >= 11 is 3.25. The monoisotopic (exact) mass is 356 g/mol. The third-order valence-electron chi connectivity index (χ3n) is 3.68. The zero-order chi connectivity index (χ0) is 15.0. The van der Waals surface area contributed by atoms with E-state index in [1.165, 1.54) is 11.1 Å². The lowest BCUT2D eigenvalue weighted by atomic mass is 9.95. The number of fused-ring (bicyclic) bond motifs is 1. The summed E-state index contributed by atoms with van der Waals surface area (Å²) in [5.41, 5.74) is -0.807. The van der Waals surface area contributed by atoms with Crippen LogP contribution in [0.15, 0.2) is 23.2 Å². The first kappa shape index (κ1) is 14.4. The van der Waals surface area contributed by atoms with Crippen LogP contribution in [0.2, 0.25) is 0 Å². The van der Waals surface area contributed by atoms with Crippen molar-refractivity contribution in [2.45, 2.75) is 18.5 Å². The summed E-state index contributed by atoms with van der Waals surface area (Å²) < 4.78 is 16.4. The third kappa shape index (κ3) is 2.65. The molecule has 1 amide bonds. The summed E-state index contributed by atoms with van der Waals surface area (Å²) in [6.07, 6.45) is 5.46. The van der Waals surface area contributed by atoms with Crippen LogP contribution in [0.1, 0.15) is 23.3 Å². The molecule has 0 spiro atoms. The van der Waals surface area contributed by atoms with Gasteiger partial charge in [0, 0.05) is 12.7 Å². The number of halogens is 2. The van der Waals surface area contributed by atoms with E-state index in [0.717, 1.165) is 0 Å². The van der Waals surface area contributed by atoms with Crippen LogP contribution < -0.4 is 0 Å². The fourth-order valence-electron chi connectivity index (χ4n) is 2.58. The van der Waals surface area contributed by atoms with Crippen molar-refractivity contribution in [3.63, 3.8) is 0 Å². The van der Waals surface area contributed by atoms with Crippen molar-refractivity contribution in [3.05, 3.63) is 28.9 Å². The number of piperidine rings is 1. The molecule has 0 unspecified atom stereocenters. The molecule has 0 bridgehead atoms. The first-order chi connectivity index (χ1) is 10.0. The number of alkyl halides is 1. The van der Waals surface area contributed by atoms with Crippen molar-refractivity contribution >= 4 is 27.5 Å². The summed E-state index contributed by atoms with van der Waals surface area (Å²) in [5, 5.41) is 9.14. The molecule has 1 atom stereocenters. The maximum absolute atomic E-state index is 14.2. The molecule has 1 aliphatic heterocycles. The molecule has 8 heteroatoms. The number of aliphatic hydroxyl groups excluding tert-OH is 1. The highest BCUT2D eigenvalue weighted by Gasteiger charge is 2.37. The van der Waals surface area contributed by atoms with Gasteiger partial charge in [0.05, 0.1) is 25.5 Å². The Balaban J connectivity index is 1.92. The molecular formula is C13H14BrFN4O2. The Hall–Kier alpha value is -1.54. The highest BCUT2D eigenvalue weighted by atomic mass is 79.9. The van der Waals surface area contributed by atoms with Gasteiger partial charge in [0.2, 0.25) is 0 Å². The molecule has 0 saturated carbocycles. The van der Waals surface area contributed by atoms with Crippen LogP contribution in [-0.4, -0.2) is 55.6 Å². The third-order valence-corrected chi connectivity index (χ3v) is 4.09. The molecule has 3 heterocycles.